The molecule has 1 aliphatic carbocycles. The SMILES string of the molecule is CCC1CC=C(CCc2ccc(C#N)cc2)CC1. The summed E-state index contributed by atoms with van der Waals surface area (Å²) in [6, 6.07) is 10.1. The summed E-state index contributed by atoms with van der Waals surface area (Å²) in [5, 5.41) is 8.75. The molecule has 1 aromatic carbocycles. The Labute approximate surface area is 110 Å². The maximum Gasteiger partial charge on any atom is 0.0991 e. The van der Waals surface area contributed by atoms with Crippen molar-refractivity contribution in [2.24, 2.45) is 5.92 Å². The molecule has 0 radical (unpaired) electrons. The third kappa shape index (κ3) is 3.47. The predicted molar refractivity (Wildman–Crippen MR) is 75.2 cm³/mol. The van der Waals surface area contributed by atoms with Gasteiger partial charge in [0.25, 0.3) is 0 Å². The molecule has 1 atom stereocenters. The molecule has 18 heavy (non-hydrogen) atoms. The van der Waals surface area contributed by atoms with E-state index in [1.54, 1.807) is 5.57 Å². The Kier molecular flexibility index (Phi) is 4.59. The zero-order valence-electron chi connectivity index (χ0n) is 11.2. The van der Waals surface area contributed by atoms with Gasteiger partial charge in [0.1, 0.15) is 0 Å². The van der Waals surface area contributed by atoms with Gasteiger partial charge in [0.2, 0.25) is 0 Å². The van der Waals surface area contributed by atoms with E-state index in [0.29, 0.717) is 0 Å². The van der Waals surface area contributed by atoms with Gasteiger partial charge in [0.05, 0.1) is 11.6 Å². The Morgan fingerprint density at radius 1 is 1.22 bits per heavy atom. The first kappa shape index (κ1) is 12.9. The third-order valence-electron chi connectivity index (χ3n) is 4.01. The molecule has 0 bridgehead atoms. The van der Waals surface area contributed by atoms with E-state index in [-0.39, 0.29) is 0 Å². The molecule has 1 aromatic rings. The van der Waals surface area contributed by atoms with Crippen LogP contribution in [0, 0.1) is 17.2 Å². The summed E-state index contributed by atoms with van der Waals surface area (Å²) >= 11 is 0. The topological polar surface area (TPSA) is 23.8 Å². The van der Waals surface area contributed by atoms with Crippen LogP contribution in [0.3, 0.4) is 0 Å². The molecule has 0 N–H and O–H groups in total. The molecule has 2 rings (SSSR count). The van der Waals surface area contributed by atoms with Crippen molar-refractivity contribution in [2.75, 3.05) is 0 Å². The lowest BCUT2D eigenvalue weighted by atomic mass is 9.86. The van der Waals surface area contributed by atoms with Crippen LogP contribution in [0.5, 0.6) is 0 Å². The molecule has 0 aromatic heterocycles. The Morgan fingerprint density at radius 2 is 2.00 bits per heavy atom. The molecule has 0 heterocycles. The first-order valence-corrected chi connectivity index (χ1v) is 6.98. The van der Waals surface area contributed by atoms with Crippen LogP contribution in [0.2, 0.25) is 0 Å². The van der Waals surface area contributed by atoms with Crippen LogP contribution in [-0.4, -0.2) is 0 Å². The molecule has 94 valence electrons. The summed E-state index contributed by atoms with van der Waals surface area (Å²) < 4.78 is 0. The van der Waals surface area contributed by atoms with E-state index in [1.807, 2.05) is 12.1 Å². The number of allylic oxidation sites excluding steroid dienone is 2. The number of nitriles is 1. The van der Waals surface area contributed by atoms with Crippen LogP contribution < -0.4 is 0 Å². The van der Waals surface area contributed by atoms with Crippen molar-refractivity contribution in [3.63, 3.8) is 0 Å². The van der Waals surface area contributed by atoms with Crippen LogP contribution in [-0.2, 0) is 6.42 Å². The minimum absolute atomic E-state index is 0.751. The Bertz CT molecular complexity index is 447. The summed E-state index contributed by atoms with van der Waals surface area (Å²) in [5.41, 5.74) is 3.72. The Hall–Kier alpha value is -1.55. The second kappa shape index (κ2) is 6.40. The monoisotopic (exact) mass is 239 g/mol. The summed E-state index contributed by atoms with van der Waals surface area (Å²) in [4.78, 5) is 0. The van der Waals surface area contributed by atoms with Gasteiger partial charge < -0.3 is 0 Å². The summed E-state index contributed by atoms with van der Waals surface area (Å²) in [6.07, 6.45) is 10.0. The predicted octanol–water partition coefficient (Wildman–Crippen LogP) is 4.63. The first-order chi connectivity index (χ1) is 8.81. The van der Waals surface area contributed by atoms with Crippen LogP contribution >= 0.6 is 0 Å². The number of aryl methyl sites for hydroxylation is 1. The van der Waals surface area contributed by atoms with E-state index in [4.69, 9.17) is 5.26 Å². The van der Waals surface area contributed by atoms with E-state index in [0.717, 1.165) is 17.9 Å². The molecule has 1 aliphatic rings. The van der Waals surface area contributed by atoms with Gasteiger partial charge in [-0.25, -0.2) is 0 Å². The largest absolute Gasteiger partial charge is 0.192 e. The third-order valence-corrected chi connectivity index (χ3v) is 4.01. The quantitative estimate of drug-likeness (QED) is 0.703. The molecule has 0 saturated carbocycles. The van der Waals surface area contributed by atoms with E-state index in [2.05, 4.69) is 31.2 Å². The normalized spacial score (nSPS) is 19.1. The first-order valence-electron chi connectivity index (χ1n) is 6.98. The molecule has 0 saturated heterocycles. The van der Waals surface area contributed by atoms with E-state index in [1.165, 1.54) is 37.7 Å². The van der Waals surface area contributed by atoms with E-state index < -0.39 is 0 Å². The molecule has 0 aliphatic heterocycles. The summed E-state index contributed by atoms with van der Waals surface area (Å²) in [6.45, 7) is 2.29. The minimum Gasteiger partial charge on any atom is -0.192 e. The molecule has 0 spiro atoms. The fourth-order valence-electron chi connectivity index (χ4n) is 2.59. The summed E-state index contributed by atoms with van der Waals surface area (Å²) in [5.74, 6) is 0.920. The van der Waals surface area contributed by atoms with Crippen molar-refractivity contribution in [2.45, 2.75) is 45.4 Å². The molecular weight excluding hydrogens is 218 g/mol. The standard InChI is InChI=1S/C17H21N/c1-2-14-3-5-15(6-4-14)7-8-16-9-11-17(13-18)12-10-16/h5,9-12,14H,2-4,6-8H2,1H3. The van der Waals surface area contributed by atoms with E-state index >= 15 is 0 Å². The maximum absolute atomic E-state index is 8.75. The molecular formula is C17H21N. The molecule has 1 nitrogen and oxygen atoms in total. The average Bonchev–Trinajstić information content (AvgIpc) is 2.46. The number of nitrogens with zero attached hydrogens (tertiary/aromatic N) is 1. The van der Waals surface area contributed by atoms with Crippen molar-refractivity contribution in [1.82, 2.24) is 0 Å². The average molecular weight is 239 g/mol. The highest BCUT2D eigenvalue weighted by Gasteiger charge is 2.12. The lowest BCUT2D eigenvalue weighted by Crippen LogP contribution is -2.05. The van der Waals surface area contributed by atoms with Crippen molar-refractivity contribution in [1.29, 1.82) is 5.26 Å². The number of rotatable bonds is 4. The number of hydrogen-bond donors (Lipinski definition) is 0. The second-order valence-electron chi connectivity index (χ2n) is 5.22. The van der Waals surface area contributed by atoms with Gasteiger partial charge in [-0.3, -0.25) is 0 Å². The minimum atomic E-state index is 0.751. The molecule has 1 unspecified atom stereocenters. The zero-order chi connectivity index (χ0) is 12.8. The van der Waals surface area contributed by atoms with Crippen molar-refractivity contribution in [3.05, 3.63) is 47.0 Å². The second-order valence-corrected chi connectivity index (χ2v) is 5.22. The smallest absolute Gasteiger partial charge is 0.0991 e. The summed E-state index contributed by atoms with van der Waals surface area (Å²) in [7, 11) is 0. The van der Waals surface area contributed by atoms with Crippen LogP contribution in [0.15, 0.2) is 35.9 Å². The molecule has 1 heteroatoms. The van der Waals surface area contributed by atoms with Gasteiger partial charge in [0, 0.05) is 0 Å². The zero-order valence-corrected chi connectivity index (χ0v) is 11.2. The fourth-order valence-corrected chi connectivity index (χ4v) is 2.59. The van der Waals surface area contributed by atoms with Gasteiger partial charge >= 0.3 is 0 Å². The van der Waals surface area contributed by atoms with Gasteiger partial charge in [0.15, 0.2) is 0 Å². The lowest BCUT2D eigenvalue weighted by molar-refractivity contribution is 0.450. The number of hydrogen-bond acceptors (Lipinski definition) is 1. The highest BCUT2D eigenvalue weighted by atomic mass is 14.2. The Balaban J connectivity index is 1.84. The van der Waals surface area contributed by atoms with Crippen molar-refractivity contribution in [3.8, 4) is 6.07 Å². The molecule has 0 amide bonds. The van der Waals surface area contributed by atoms with Gasteiger partial charge in [-0.2, -0.15) is 5.26 Å². The molecule has 0 fully saturated rings. The Morgan fingerprint density at radius 3 is 2.56 bits per heavy atom. The van der Waals surface area contributed by atoms with Gasteiger partial charge in [-0.1, -0.05) is 37.1 Å². The van der Waals surface area contributed by atoms with Crippen LogP contribution in [0.1, 0.15) is 50.2 Å². The lowest BCUT2D eigenvalue weighted by Gasteiger charge is -2.20. The van der Waals surface area contributed by atoms with Crippen LogP contribution in [0.25, 0.3) is 0 Å². The van der Waals surface area contributed by atoms with Gasteiger partial charge in [-0.15, -0.1) is 0 Å². The maximum atomic E-state index is 8.75. The van der Waals surface area contributed by atoms with Gasteiger partial charge in [-0.05, 0) is 55.7 Å². The van der Waals surface area contributed by atoms with Crippen LogP contribution in [0.4, 0.5) is 0 Å². The van der Waals surface area contributed by atoms with Crippen molar-refractivity contribution >= 4 is 0 Å². The highest BCUT2D eigenvalue weighted by Crippen LogP contribution is 2.28. The van der Waals surface area contributed by atoms with E-state index in [9.17, 15) is 0 Å². The van der Waals surface area contributed by atoms with Crippen molar-refractivity contribution < 1.29 is 0 Å². The number of benzene rings is 1. The highest BCUT2D eigenvalue weighted by molar-refractivity contribution is 5.31. The fraction of sp³-hybridized carbons (Fsp3) is 0.471.